The van der Waals surface area contributed by atoms with Crippen LogP contribution in [0, 0.1) is 11.7 Å². The second-order valence-corrected chi connectivity index (χ2v) is 12.1. The molecule has 2 atom stereocenters. The summed E-state index contributed by atoms with van der Waals surface area (Å²) in [5.41, 5.74) is 1.88. The molecule has 1 fully saturated rings. The molecule has 1 aliphatic carbocycles. The monoisotopic (exact) mass is 543 g/mol. The standard InChI is InChI=1S/C23H31ClFN5O5S/c1-23(2,3)35-22(32)27-16-7-5-6-14(8-16)12-36(33,34)29-28-21(31)17-9-15(10-18(24)20(17)25)19-11-30(4)13-26-19/h9-11,13-14,16,29H,5-8,12H2,1-4H3,(H,27,32)(H,28,31)/t14-,16+/m0/s1. The number of amides is 2. The van der Waals surface area contributed by atoms with Crippen LogP contribution in [-0.4, -0.2) is 47.4 Å². The number of benzene rings is 1. The molecule has 3 N–H and O–H groups in total. The largest absolute Gasteiger partial charge is 0.444 e. The number of aromatic nitrogens is 2. The SMILES string of the molecule is Cn1cnc(-c2cc(Cl)c(F)c(C(=O)NNS(=O)(=O)C[C@H]3CCC[C@@H](NC(=O)OC(C)(C)C)C3)c2)c1. The van der Waals surface area contributed by atoms with E-state index >= 15 is 0 Å². The van der Waals surface area contributed by atoms with Gasteiger partial charge in [-0.25, -0.2) is 22.6 Å². The van der Waals surface area contributed by atoms with Crippen molar-refractivity contribution in [3.8, 4) is 11.3 Å². The van der Waals surface area contributed by atoms with Gasteiger partial charge in [-0.2, -0.15) is 0 Å². The van der Waals surface area contributed by atoms with Crippen molar-refractivity contribution in [1.82, 2.24) is 25.1 Å². The highest BCUT2D eigenvalue weighted by Crippen LogP contribution is 2.28. The van der Waals surface area contributed by atoms with Crippen molar-refractivity contribution >= 4 is 33.6 Å². The van der Waals surface area contributed by atoms with Crippen LogP contribution in [0.25, 0.3) is 11.3 Å². The molecule has 1 aromatic heterocycles. The second-order valence-electron chi connectivity index (χ2n) is 9.96. The number of halogens is 2. The fourth-order valence-corrected chi connectivity index (χ4v) is 5.53. The third kappa shape index (κ3) is 7.90. The molecule has 10 nitrogen and oxygen atoms in total. The van der Waals surface area contributed by atoms with Gasteiger partial charge in [-0.3, -0.25) is 10.2 Å². The van der Waals surface area contributed by atoms with Crippen LogP contribution >= 0.6 is 11.6 Å². The zero-order valence-corrected chi connectivity index (χ0v) is 22.2. The summed E-state index contributed by atoms with van der Waals surface area (Å²) in [6, 6.07) is 2.38. The van der Waals surface area contributed by atoms with Crippen molar-refractivity contribution in [2.45, 2.75) is 58.1 Å². The van der Waals surface area contributed by atoms with E-state index in [2.05, 4.69) is 15.7 Å². The Morgan fingerprint density at radius 1 is 1.28 bits per heavy atom. The maximum Gasteiger partial charge on any atom is 0.407 e. The summed E-state index contributed by atoms with van der Waals surface area (Å²) in [4.78, 5) is 30.8. The molecule has 2 aromatic rings. The van der Waals surface area contributed by atoms with E-state index in [0.29, 0.717) is 30.5 Å². The number of hydrogen-bond acceptors (Lipinski definition) is 6. The van der Waals surface area contributed by atoms with E-state index < -0.39 is 39.0 Å². The number of rotatable bonds is 7. The van der Waals surface area contributed by atoms with Gasteiger partial charge in [0.2, 0.25) is 10.0 Å². The van der Waals surface area contributed by atoms with Crippen LogP contribution in [0.1, 0.15) is 56.8 Å². The molecule has 1 aromatic carbocycles. The number of sulfonamides is 1. The number of alkyl carbamates (subject to hydrolysis) is 1. The maximum absolute atomic E-state index is 14.6. The lowest BCUT2D eigenvalue weighted by atomic mass is 9.87. The molecule has 2 amide bonds. The molecule has 1 saturated carbocycles. The minimum absolute atomic E-state index is 0.214. The summed E-state index contributed by atoms with van der Waals surface area (Å²) in [7, 11) is -2.19. The van der Waals surface area contributed by atoms with Gasteiger partial charge in [0.1, 0.15) is 5.60 Å². The molecule has 0 radical (unpaired) electrons. The Hall–Kier alpha value is -2.70. The van der Waals surface area contributed by atoms with Crippen molar-refractivity contribution in [2.75, 3.05) is 5.75 Å². The molecule has 1 heterocycles. The molecule has 0 bridgehead atoms. The van der Waals surface area contributed by atoms with Crippen molar-refractivity contribution in [2.24, 2.45) is 13.0 Å². The van der Waals surface area contributed by atoms with Crippen LogP contribution in [0.3, 0.4) is 0 Å². The number of hydrazine groups is 1. The Labute approximate surface area is 215 Å². The number of hydrogen-bond donors (Lipinski definition) is 3. The number of nitrogens with one attached hydrogen (secondary N) is 3. The minimum Gasteiger partial charge on any atom is -0.444 e. The third-order valence-corrected chi connectivity index (χ3v) is 7.15. The van der Waals surface area contributed by atoms with Gasteiger partial charge in [0, 0.05) is 24.8 Å². The van der Waals surface area contributed by atoms with Gasteiger partial charge in [-0.1, -0.05) is 18.0 Å². The Balaban J connectivity index is 1.59. The lowest BCUT2D eigenvalue weighted by molar-refractivity contribution is 0.0486. The first-order valence-corrected chi connectivity index (χ1v) is 13.5. The van der Waals surface area contributed by atoms with Gasteiger partial charge < -0.3 is 14.6 Å². The first-order valence-electron chi connectivity index (χ1n) is 11.5. The van der Waals surface area contributed by atoms with E-state index in [1.54, 1.807) is 44.9 Å². The highest BCUT2D eigenvalue weighted by Gasteiger charge is 2.29. The topological polar surface area (TPSA) is 131 Å². The number of aryl methyl sites for hydroxylation is 1. The quantitative estimate of drug-likeness (QED) is 0.458. The Bertz CT molecular complexity index is 1230. The summed E-state index contributed by atoms with van der Waals surface area (Å²) in [6.45, 7) is 5.28. The lowest BCUT2D eigenvalue weighted by Crippen LogP contribution is -2.46. The fourth-order valence-electron chi connectivity index (χ4n) is 4.06. The van der Waals surface area contributed by atoms with Gasteiger partial charge >= 0.3 is 6.09 Å². The van der Waals surface area contributed by atoms with Gasteiger partial charge in [0.15, 0.2) is 5.82 Å². The first kappa shape index (κ1) is 27.9. The number of imidazole rings is 1. The van der Waals surface area contributed by atoms with Gasteiger partial charge in [0.05, 0.1) is 28.4 Å². The van der Waals surface area contributed by atoms with E-state index in [-0.39, 0.29) is 22.7 Å². The van der Waals surface area contributed by atoms with Crippen molar-refractivity contribution in [3.05, 3.63) is 41.1 Å². The first-order chi connectivity index (χ1) is 16.7. The number of nitrogens with zero attached hydrogens (tertiary/aromatic N) is 2. The molecule has 0 unspecified atom stereocenters. The predicted molar refractivity (Wildman–Crippen MR) is 133 cm³/mol. The van der Waals surface area contributed by atoms with Crippen LogP contribution in [0.4, 0.5) is 9.18 Å². The summed E-state index contributed by atoms with van der Waals surface area (Å²) >= 11 is 5.96. The number of carbonyl (C=O) groups excluding carboxylic acids is 2. The molecule has 0 aliphatic heterocycles. The summed E-state index contributed by atoms with van der Waals surface area (Å²) in [5.74, 6) is -2.48. The summed E-state index contributed by atoms with van der Waals surface area (Å²) in [6.07, 6.45) is 5.21. The average Bonchev–Trinajstić information content (AvgIpc) is 3.19. The molecule has 3 rings (SSSR count). The van der Waals surface area contributed by atoms with Crippen molar-refractivity contribution in [3.63, 3.8) is 0 Å². The molecule has 0 spiro atoms. The molecule has 13 heteroatoms. The smallest absolute Gasteiger partial charge is 0.407 e. The van der Waals surface area contributed by atoms with E-state index in [1.165, 1.54) is 12.1 Å². The highest BCUT2D eigenvalue weighted by atomic mass is 35.5. The minimum atomic E-state index is -3.94. The van der Waals surface area contributed by atoms with Crippen LogP contribution in [0.5, 0.6) is 0 Å². The zero-order valence-electron chi connectivity index (χ0n) is 20.6. The zero-order chi connectivity index (χ0) is 26.7. The van der Waals surface area contributed by atoms with Crippen molar-refractivity contribution < 1.29 is 27.1 Å². The molecule has 36 heavy (non-hydrogen) atoms. The van der Waals surface area contributed by atoms with Crippen LogP contribution in [0.15, 0.2) is 24.7 Å². The van der Waals surface area contributed by atoms with Crippen LogP contribution in [0.2, 0.25) is 5.02 Å². The normalized spacial score (nSPS) is 18.5. The second kappa shape index (κ2) is 11.1. The van der Waals surface area contributed by atoms with E-state index in [4.69, 9.17) is 16.3 Å². The predicted octanol–water partition coefficient (Wildman–Crippen LogP) is 3.53. The summed E-state index contributed by atoms with van der Waals surface area (Å²) in [5, 5.41) is 2.49. The van der Waals surface area contributed by atoms with E-state index in [9.17, 15) is 22.4 Å². The number of ether oxygens (including phenoxy) is 1. The van der Waals surface area contributed by atoms with Gasteiger partial charge in [0.25, 0.3) is 5.91 Å². The van der Waals surface area contributed by atoms with Crippen LogP contribution in [-0.2, 0) is 21.8 Å². The Morgan fingerprint density at radius 2 is 2.00 bits per heavy atom. The Morgan fingerprint density at radius 3 is 2.64 bits per heavy atom. The fraction of sp³-hybridized carbons (Fsp3) is 0.522. The van der Waals surface area contributed by atoms with Crippen molar-refractivity contribution in [1.29, 1.82) is 0 Å². The third-order valence-electron chi connectivity index (χ3n) is 5.55. The summed E-state index contributed by atoms with van der Waals surface area (Å²) < 4.78 is 46.7. The van der Waals surface area contributed by atoms with E-state index in [1.807, 2.05) is 4.83 Å². The van der Waals surface area contributed by atoms with Crippen LogP contribution < -0.4 is 15.6 Å². The molecule has 0 saturated heterocycles. The molecular weight excluding hydrogens is 513 g/mol. The highest BCUT2D eigenvalue weighted by molar-refractivity contribution is 7.89. The lowest BCUT2D eigenvalue weighted by Gasteiger charge is -2.30. The molecule has 198 valence electrons. The molecule has 1 aliphatic rings. The number of carbonyl (C=O) groups is 2. The maximum atomic E-state index is 14.6. The molecular formula is C23H31ClFN5O5S. The average molecular weight is 544 g/mol. The van der Waals surface area contributed by atoms with Gasteiger partial charge in [-0.15, -0.1) is 4.83 Å². The Kier molecular flexibility index (Phi) is 8.63. The van der Waals surface area contributed by atoms with Gasteiger partial charge in [-0.05, 0) is 58.1 Å². The van der Waals surface area contributed by atoms with E-state index in [0.717, 1.165) is 6.42 Å².